The summed E-state index contributed by atoms with van der Waals surface area (Å²) in [6.07, 6.45) is 0.354. The van der Waals surface area contributed by atoms with Gasteiger partial charge in [0.25, 0.3) is 5.91 Å². The molecule has 1 aliphatic rings. The summed E-state index contributed by atoms with van der Waals surface area (Å²) >= 11 is 4.74. The van der Waals surface area contributed by atoms with Gasteiger partial charge in [-0.05, 0) is 75.6 Å². The van der Waals surface area contributed by atoms with Crippen LogP contribution in [0.25, 0.3) is 0 Å². The molecule has 2 aromatic carbocycles. The maximum Gasteiger partial charge on any atom is 0.277 e. The highest BCUT2D eigenvalue weighted by Crippen LogP contribution is 2.34. The Morgan fingerprint density at radius 2 is 1.96 bits per heavy atom. The smallest absolute Gasteiger partial charge is 0.277 e. The number of hydroxylamine groups is 1. The van der Waals surface area contributed by atoms with E-state index in [1.54, 1.807) is 6.07 Å². The van der Waals surface area contributed by atoms with Gasteiger partial charge in [0.15, 0.2) is 17.9 Å². The number of anilines is 2. The fourth-order valence-corrected chi connectivity index (χ4v) is 3.12. The van der Waals surface area contributed by atoms with E-state index in [9.17, 15) is 23.1 Å². The average Bonchev–Trinajstić information content (AvgIpc) is 3.46. The molecule has 0 heterocycles. The third-order valence-electron chi connectivity index (χ3n) is 3.90. The van der Waals surface area contributed by atoms with Gasteiger partial charge in [-0.3, -0.25) is 4.79 Å². The van der Waals surface area contributed by atoms with Crippen molar-refractivity contribution in [2.45, 2.75) is 19.1 Å². The second-order valence-corrected chi connectivity index (χ2v) is 8.04. The fraction of sp³-hybridized carbons (Fsp3) is 0.235. The van der Waals surface area contributed by atoms with E-state index < -0.39 is 35.3 Å². The van der Waals surface area contributed by atoms with E-state index in [0.717, 1.165) is 18.9 Å². The second kappa shape index (κ2) is 8.33. The van der Waals surface area contributed by atoms with Crippen LogP contribution in [0.3, 0.4) is 0 Å². The monoisotopic (exact) mass is 556 g/mol. The van der Waals surface area contributed by atoms with Crippen molar-refractivity contribution in [1.82, 2.24) is 5.48 Å². The average molecular weight is 557 g/mol. The SMILES string of the molecule is O=C(NOC(O)C1CC1)c1cc(Br)c(F)c(F)c1Nc1ccc(I)cc1F. The van der Waals surface area contributed by atoms with E-state index in [-0.39, 0.29) is 21.6 Å². The molecular weight excluding hydrogens is 544 g/mol. The molecular formula is C17H13BrF3IN2O3. The number of amides is 1. The predicted molar refractivity (Wildman–Crippen MR) is 104 cm³/mol. The van der Waals surface area contributed by atoms with Crippen LogP contribution in [0, 0.1) is 26.9 Å². The highest BCUT2D eigenvalue weighted by molar-refractivity contribution is 14.1. The minimum absolute atomic E-state index is 0.0690. The van der Waals surface area contributed by atoms with Gasteiger partial charge in [-0.15, -0.1) is 0 Å². The highest BCUT2D eigenvalue weighted by Gasteiger charge is 2.32. The number of rotatable bonds is 6. The number of aliphatic hydroxyl groups excluding tert-OH is 1. The summed E-state index contributed by atoms with van der Waals surface area (Å²) in [7, 11) is 0. The summed E-state index contributed by atoms with van der Waals surface area (Å²) in [6.45, 7) is 0. The number of aliphatic hydroxyl groups is 1. The Kier molecular flexibility index (Phi) is 6.28. The maximum atomic E-state index is 14.5. The van der Waals surface area contributed by atoms with E-state index in [1.807, 2.05) is 28.1 Å². The van der Waals surface area contributed by atoms with Gasteiger partial charge in [0.05, 0.1) is 21.4 Å². The standard InChI is InChI=1S/C17H13BrF3IN2O3/c18-10-6-9(16(25)24-27-17(26)7-1-2-7)15(14(21)13(10)20)23-12-4-3-8(22)5-11(12)19/h3-7,17,23,26H,1-2H2,(H,24,25). The zero-order valence-electron chi connectivity index (χ0n) is 13.5. The Bertz CT molecular complexity index is 896. The molecule has 0 radical (unpaired) electrons. The lowest BCUT2D eigenvalue weighted by Crippen LogP contribution is -2.31. The third-order valence-corrected chi connectivity index (χ3v) is 5.14. The van der Waals surface area contributed by atoms with Gasteiger partial charge in [-0.1, -0.05) is 0 Å². The van der Waals surface area contributed by atoms with Crippen LogP contribution in [0.4, 0.5) is 24.5 Å². The first-order valence-corrected chi connectivity index (χ1v) is 9.68. The van der Waals surface area contributed by atoms with Crippen LogP contribution in [0.5, 0.6) is 0 Å². The molecule has 0 spiro atoms. The lowest BCUT2D eigenvalue weighted by Gasteiger charge is -2.16. The Hall–Kier alpha value is -1.37. The molecule has 144 valence electrons. The topological polar surface area (TPSA) is 70.6 Å². The number of carbonyl (C=O) groups excluding carboxylic acids is 1. The van der Waals surface area contributed by atoms with Crippen molar-refractivity contribution in [2.75, 3.05) is 5.32 Å². The fourth-order valence-electron chi connectivity index (χ4n) is 2.27. The zero-order chi connectivity index (χ0) is 19.7. The molecule has 1 unspecified atom stereocenters. The summed E-state index contributed by atoms with van der Waals surface area (Å²) < 4.78 is 42.8. The summed E-state index contributed by atoms with van der Waals surface area (Å²) in [5.74, 6) is -4.30. The van der Waals surface area contributed by atoms with Crippen LogP contribution in [0.15, 0.2) is 28.7 Å². The maximum absolute atomic E-state index is 14.5. The summed E-state index contributed by atoms with van der Waals surface area (Å²) in [5, 5.41) is 12.1. The van der Waals surface area contributed by atoms with Crippen molar-refractivity contribution < 1.29 is 27.9 Å². The van der Waals surface area contributed by atoms with Gasteiger partial charge in [0, 0.05) is 9.49 Å². The van der Waals surface area contributed by atoms with Gasteiger partial charge >= 0.3 is 0 Å². The lowest BCUT2D eigenvalue weighted by atomic mass is 10.1. The Morgan fingerprint density at radius 3 is 2.59 bits per heavy atom. The number of nitrogens with one attached hydrogen (secondary N) is 2. The van der Waals surface area contributed by atoms with Crippen LogP contribution < -0.4 is 10.8 Å². The van der Waals surface area contributed by atoms with E-state index >= 15 is 0 Å². The number of hydrogen-bond acceptors (Lipinski definition) is 4. The number of halogens is 5. The molecule has 0 saturated heterocycles. The molecule has 1 aliphatic carbocycles. The van der Waals surface area contributed by atoms with Crippen LogP contribution in [0.1, 0.15) is 23.2 Å². The predicted octanol–water partition coefficient (Wildman–Crippen LogP) is 4.60. The lowest BCUT2D eigenvalue weighted by molar-refractivity contribution is -0.145. The van der Waals surface area contributed by atoms with Crippen LogP contribution in [-0.4, -0.2) is 17.3 Å². The summed E-state index contributed by atoms with van der Waals surface area (Å²) in [5.41, 5.74) is 0.986. The molecule has 1 fully saturated rings. The largest absolute Gasteiger partial charge is 0.366 e. The van der Waals surface area contributed by atoms with Crippen molar-refractivity contribution in [3.05, 3.63) is 55.3 Å². The summed E-state index contributed by atoms with van der Waals surface area (Å²) in [4.78, 5) is 17.2. The zero-order valence-corrected chi connectivity index (χ0v) is 17.3. The van der Waals surface area contributed by atoms with Gasteiger partial charge < -0.3 is 10.4 Å². The van der Waals surface area contributed by atoms with Crippen molar-refractivity contribution in [2.24, 2.45) is 5.92 Å². The molecule has 10 heteroatoms. The third kappa shape index (κ3) is 4.73. The normalized spacial score (nSPS) is 14.7. The molecule has 27 heavy (non-hydrogen) atoms. The second-order valence-electron chi connectivity index (χ2n) is 5.94. The molecule has 0 aliphatic heterocycles. The Labute approximate surface area is 174 Å². The van der Waals surface area contributed by atoms with Crippen molar-refractivity contribution in [3.8, 4) is 0 Å². The minimum atomic E-state index is -1.37. The van der Waals surface area contributed by atoms with Gasteiger partial charge in [-0.2, -0.15) is 0 Å². The van der Waals surface area contributed by atoms with Crippen LogP contribution >= 0.6 is 38.5 Å². The molecule has 3 rings (SSSR count). The number of benzene rings is 2. The minimum Gasteiger partial charge on any atom is -0.366 e. The molecule has 1 atom stereocenters. The molecule has 2 aromatic rings. The van der Waals surface area contributed by atoms with Gasteiger partial charge in [0.1, 0.15) is 5.82 Å². The first-order chi connectivity index (χ1) is 12.8. The molecule has 3 N–H and O–H groups in total. The molecule has 0 aromatic heterocycles. The molecule has 5 nitrogen and oxygen atoms in total. The number of hydrogen-bond donors (Lipinski definition) is 3. The van der Waals surface area contributed by atoms with Crippen molar-refractivity contribution >= 4 is 55.8 Å². The quantitative estimate of drug-likeness (QED) is 0.210. The van der Waals surface area contributed by atoms with Crippen LogP contribution in [-0.2, 0) is 4.84 Å². The first kappa shape index (κ1) is 20.4. The first-order valence-electron chi connectivity index (χ1n) is 7.81. The van der Waals surface area contributed by atoms with E-state index in [1.165, 1.54) is 12.1 Å². The molecule has 1 saturated carbocycles. The van der Waals surface area contributed by atoms with Crippen molar-refractivity contribution in [3.63, 3.8) is 0 Å². The van der Waals surface area contributed by atoms with Crippen molar-refractivity contribution in [1.29, 1.82) is 0 Å². The van der Waals surface area contributed by atoms with E-state index in [2.05, 4.69) is 21.2 Å². The number of carbonyl (C=O) groups is 1. The van der Waals surface area contributed by atoms with Gasteiger partial charge in [-0.25, -0.2) is 23.5 Å². The van der Waals surface area contributed by atoms with Gasteiger partial charge in [0.2, 0.25) is 0 Å². The van der Waals surface area contributed by atoms with E-state index in [0.29, 0.717) is 3.57 Å². The summed E-state index contributed by atoms with van der Waals surface area (Å²) in [6, 6.07) is 5.14. The van der Waals surface area contributed by atoms with Crippen LogP contribution in [0.2, 0.25) is 0 Å². The Morgan fingerprint density at radius 1 is 1.26 bits per heavy atom. The molecule has 1 amide bonds. The Balaban J connectivity index is 1.91. The van der Waals surface area contributed by atoms with E-state index in [4.69, 9.17) is 4.84 Å². The highest BCUT2D eigenvalue weighted by atomic mass is 127. The molecule has 0 bridgehead atoms.